The third-order valence-corrected chi connectivity index (χ3v) is 2.43. The minimum absolute atomic E-state index is 0.295. The van der Waals surface area contributed by atoms with E-state index < -0.39 is 0 Å². The summed E-state index contributed by atoms with van der Waals surface area (Å²) in [4.78, 5) is 0. The molecule has 2 rings (SSSR count). The van der Waals surface area contributed by atoms with E-state index in [0.29, 0.717) is 13.2 Å². The summed E-state index contributed by atoms with van der Waals surface area (Å²) in [6.07, 6.45) is 6.82. The highest BCUT2D eigenvalue weighted by atomic mass is 16.5. The molecule has 0 saturated heterocycles. The van der Waals surface area contributed by atoms with E-state index in [2.05, 4.69) is 11.2 Å². The van der Waals surface area contributed by atoms with Crippen LogP contribution in [0.4, 0.5) is 0 Å². The summed E-state index contributed by atoms with van der Waals surface area (Å²) < 4.78 is 10.6. The Bertz CT molecular complexity index is 512. The van der Waals surface area contributed by atoms with Crippen molar-refractivity contribution in [1.29, 1.82) is 0 Å². The summed E-state index contributed by atoms with van der Waals surface area (Å²) in [5.74, 6) is 4.17. The van der Waals surface area contributed by atoms with Gasteiger partial charge in [0.1, 0.15) is 18.1 Å². The molecule has 0 aliphatic heterocycles. The molecule has 2 aromatic rings. The maximum Gasteiger partial charge on any atom is 0.148 e. The fourth-order valence-electron chi connectivity index (χ4n) is 1.61. The Labute approximate surface area is 107 Å². The quantitative estimate of drug-likeness (QED) is 0.789. The molecule has 0 saturated carbocycles. The number of furan rings is 1. The second kappa shape index (κ2) is 6.53. The molecular formula is C15H15NO2. The smallest absolute Gasteiger partial charge is 0.148 e. The van der Waals surface area contributed by atoms with E-state index in [1.165, 1.54) is 0 Å². The summed E-state index contributed by atoms with van der Waals surface area (Å²) in [5.41, 5.74) is 1.15. The lowest BCUT2D eigenvalue weighted by atomic mass is 10.2. The molecular weight excluding hydrogens is 226 g/mol. The van der Waals surface area contributed by atoms with Crippen molar-refractivity contribution in [2.24, 2.45) is 0 Å². The number of nitrogens with one attached hydrogen (secondary N) is 1. The highest BCUT2D eigenvalue weighted by Crippen LogP contribution is 2.13. The van der Waals surface area contributed by atoms with Crippen molar-refractivity contribution in [1.82, 2.24) is 5.32 Å². The van der Waals surface area contributed by atoms with Gasteiger partial charge in [0.05, 0.1) is 12.8 Å². The molecule has 0 spiro atoms. The Morgan fingerprint density at radius 3 is 2.94 bits per heavy atom. The molecule has 0 fully saturated rings. The molecule has 0 aliphatic carbocycles. The fourth-order valence-corrected chi connectivity index (χ4v) is 1.61. The van der Waals surface area contributed by atoms with Crippen molar-refractivity contribution < 1.29 is 9.15 Å². The van der Waals surface area contributed by atoms with E-state index in [0.717, 1.165) is 23.6 Å². The first-order valence-electron chi connectivity index (χ1n) is 5.77. The number of rotatable bonds is 6. The molecule has 0 aliphatic rings. The lowest BCUT2D eigenvalue weighted by Crippen LogP contribution is -2.12. The Morgan fingerprint density at radius 2 is 2.17 bits per heavy atom. The lowest BCUT2D eigenvalue weighted by molar-refractivity contribution is 0.370. The van der Waals surface area contributed by atoms with Crippen LogP contribution < -0.4 is 10.1 Å². The molecule has 0 bridgehead atoms. The second-order valence-corrected chi connectivity index (χ2v) is 3.82. The highest BCUT2D eigenvalue weighted by molar-refractivity contribution is 5.28. The van der Waals surface area contributed by atoms with Crippen LogP contribution in [-0.4, -0.2) is 6.61 Å². The standard InChI is InChI=1S/C15H15NO2/c1-2-8-17-14-6-3-5-13(10-14)11-16-12-15-7-4-9-18-15/h1,3-7,9-10,16H,8,11-12H2. The van der Waals surface area contributed by atoms with Gasteiger partial charge in [0.2, 0.25) is 0 Å². The average molecular weight is 241 g/mol. The lowest BCUT2D eigenvalue weighted by Gasteiger charge is -2.06. The fraction of sp³-hybridized carbons (Fsp3) is 0.200. The minimum Gasteiger partial charge on any atom is -0.481 e. The largest absolute Gasteiger partial charge is 0.481 e. The molecule has 1 aromatic carbocycles. The zero-order valence-electron chi connectivity index (χ0n) is 10.1. The maximum absolute atomic E-state index is 5.37. The third-order valence-electron chi connectivity index (χ3n) is 2.43. The van der Waals surface area contributed by atoms with Gasteiger partial charge in [0.25, 0.3) is 0 Å². The minimum atomic E-state index is 0.295. The van der Waals surface area contributed by atoms with Crippen molar-refractivity contribution in [2.45, 2.75) is 13.1 Å². The van der Waals surface area contributed by atoms with Crippen LogP contribution in [0.5, 0.6) is 5.75 Å². The highest BCUT2D eigenvalue weighted by Gasteiger charge is 1.98. The number of hydrogen-bond donors (Lipinski definition) is 1. The van der Waals surface area contributed by atoms with Gasteiger partial charge in [-0.1, -0.05) is 18.1 Å². The second-order valence-electron chi connectivity index (χ2n) is 3.82. The molecule has 0 radical (unpaired) electrons. The van der Waals surface area contributed by atoms with Crippen LogP contribution in [0.2, 0.25) is 0 Å². The predicted octanol–water partition coefficient (Wildman–Crippen LogP) is 2.58. The molecule has 3 nitrogen and oxygen atoms in total. The summed E-state index contributed by atoms with van der Waals surface area (Å²) in [6, 6.07) is 11.7. The van der Waals surface area contributed by atoms with Gasteiger partial charge >= 0.3 is 0 Å². The number of hydrogen-bond acceptors (Lipinski definition) is 3. The van der Waals surface area contributed by atoms with Crippen molar-refractivity contribution >= 4 is 0 Å². The van der Waals surface area contributed by atoms with Crippen molar-refractivity contribution in [2.75, 3.05) is 6.61 Å². The normalized spacial score (nSPS) is 9.94. The van der Waals surface area contributed by atoms with Crippen LogP contribution in [0.3, 0.4) is 0 Å². The topological polar surface area (TPSA) is 34.4 Å². The monoisotopic (exact) mass is 241 g/mol. The van der Waals surface area contributed by atoms with Crippen LogP contribution in [0.25, 0.3) is 0 Å². The molecule has 1 heterocycles. The van der Waals surface area contributed by atoms with Gasteiger partial charge in [-0.3, -0.25) is 0 Å². The predicted molar refractivity (Wildman–Crippen MR) is 70.0 cm³/mol. The van der Waals surface area contributed by atoms with Crippen LogP contribution >= 0.6 is 0 Å². The molecule has 3 heteroatoms. The summed E-state index contributed by atoms with van der Waals surface area (Å²) in [6.45, 7) is 1.76. The Hall–Kier alpha value is -2.18. The summed E-state index contributed by atoms with van der Waals surface area (Å²) in [7, 11) is 0. The van der Waals surface area contributed by atoms with Gasteiger partial charge in [0.15, 0.2) is 0 Å². The van der Waals surface area contributed by atoms with E-state index in [4.69, 9.17) is 15.6 Å². The van der Waals surface area contributed by atoms with E-state index in [1.54, 1.807) is 6.26 Å². The third kappa shape index (κ3) is 3.69. The van der Waals surface area contributed by atoms with Crippen LogP contribution in [0.15, 0.2) is 47.1 Å². The first-order chi connectivity index (χ1) is 8.88. The maximum atomic E-state index is 5.37. The molecule has 18 heavy (non-hydrogen) atoms. The zero-order valence-corrected chi connectivity index (χ0v) is 10.1. The van der Waals surface area contributed by atoms with E-state index in [-0.39, 0.29) is 0 Å². The molecule has 0 amide bonds. The molecule has 0 unspecified atom stereocenters. The van der Waals surface area contributed by atoms with E-state index in [9.17, 15) is 0 Å². The SMILES string of the molecule is C#CCOc1cccc(CNCc2ccco2)c1. The molecule has 1 N–H and O–H groups in total. The van der Waals surface area contributed by atoms with Gasteiger partial charge in [-0.2, -0.15) is 0 Å². The Kier molecular flexibility index (Phi) is 4.46. The van der Waals surface area contributed by atoms with E-state index in [1.807, 2.05) is 36.4 Å². The van der Waals surface area contributed by atoms with Gasteiger partial charge < -0.3 is 14.5 Å². The average Bonchev–Trinajstić information content (AvgIpc) is 2.90. The molecule has 1 aromatic heterocycles. The van der Waals surface area contributed by atoms with Crippen molar-refractivity contribution in [3.63, 3.8) is 0 Å². The molecule has 0 atom stereocenters. The van der Waals surface area contributed by atoms with Crippen LogP contribution in [-0.2, 0) is 13.1 Å². The Balaban J connectivity index is 1.83. The van der Waals surface area contributed by atoms with Crippen molar-refractivity contribution in [3.05, 3.63) is 54.0 Å². The first kappa shape index (κ1) is 12.3. The first-order valence-corrected chi connectivity index (χ1v) is 5.77. The molecule has 92 valence electrons. The number of terminal acetylenes is 1. The number of ether oxygens (including phenoxy) is 1. The Morgan fingerprint density at radius 1 is 1.22 bits per heavy atom. The van der Waals surface area contributed by atoms with Crippen molar-refractivity contribution in [3.8, 4) is 18.1 Å². The van der Waals surface area contributed by atoms with Gasteiger partial charge in [0, 0.05) is 6.54 Å². The summed E-state index contributed by atoms with van der Waals surface area (Å²) in [5, 5.41) is 3.30. The van der Waals surface area contributed by atoms with Gasteiger partial charge in [-0.05, 0) is 29.8 Å². The summed E-state index contributed by atoms with van der Waals surface area (Å²) >= 11 is 0. The zero-order chi connectivity index (χ0) is 12.6. The van der Waals surface area contributed by atoms with Gasteiger partial charge in [-0.15, -0.1) is 6.42 Å². The number of benzene rings is 1. The van der Waals surface area contributed by atoms with Gasteiger partial charge in [-0.25, -0.2) is 0 Å². The van der Waals surface area contributed by atoms with E-state index >= 15 is 0 Å². The van der Waals surface area contributed by atoms with Crippen LogP contribution in [0.1, 0.15) is 11.3 Å². The van der Waals surface area contributed by atoms with Crippen LogP contribution in [0, 0.1) is 12.3 Å².